The number of nitrogens with zero attached hydrogens (tertiary/aromatic N) is 3. The highest BCUT2D eigenvalue weighted by Crippen LogP contribution is 2.25. The van der Waals surface area contributed by atoms with Crippen LogP contribution in [0, 0.1) is 0 Å². The summed E-state index contributed by atoms with van der Waals surface area (Å²) in [6.45, 7) is 6.72. The van der Waals surface area contributed by atoms with Gasteiger partial charge < -0.3 is 15.1 Å². The maximum Gasteiger partial charge on any atom is 0.195 e. The zero-order chi connectivity index (χ0) is 13.3. The molecule has 2 aromatic rings. The van der Waals surface area contributed by atoms with Gasteiger partial charge in [-0.25, -0.2) is 4.98 Å². The van der Waals surface area contributed by atoms with E-state index < -0.39 is 5.60 Å². The quantitative estimate of drug-likeness (QED) is 0.863. The summed E-state index contributed by atoms with van der Waals surface area (Å²) in [5.74, 6) is 0.758. The van der Waals surface area contributed by atoms with Crippen molar-refractivity contribution in [3.8, 4) is 0 Å². The Hall–Kier alpha value is -1.11. The first-order chi connectivity index (χ1) is 8.46. The number of imidazole rings is 1. The average Bonchev–Trinajstić information content (AvgIpc) is 2.83. The van der Waals surface area contributed by atoms with Crippen molar-refractivity contribution in [2.75, 3.05) is 18.0 Å². The third-order valence-electron chi connectivity index (χ3n) is 2.75. The first-order valence-corrected chi connectivity index (χ1v) is 6.87. The van der Waals surface area contributed by atoms with Gasteiger partial charge in [-0.15, -0.1) is 11.3 Å². The molecule has 5 nitrogen and oxygen atoms in total. The van der Waals surface area contributed by atoms with Crippen molar-refractivity contribution in [2.24, 2.45) is 0 Å². The normalized spacial score (nSPS) is 12.3. The second-order valence-electron chi connectivity index (χ2n) is 4.92. The number of hydrogen-bond acceptors (Lipinski definition) is 5. The number of fused-ring (bicyclic) bond motifs is 1. The Morgan fingerprint density at radius 2 is 2.22 bits per heavy atom. The lowest BCUT2D eigenvalue weighted by Crippen LogP contribution is -2.39. The summed E-state index contributed by atoms with van der Waals surface area (Å²) in [7, 11) is 0. The van der Waals surface area contributed by atoms with E-state index >= 15 is 0 Å². The minimum absolute atomic E-state index is 0.0599. The highest BCUT2D eigenvalue weighted by Gasteiger charge is 2.23. The Balaban J connectivity index is 2.41. The molecule has 0 aliphatic carbocycles. The Bertz CT molecular complexity index is 527. The van der Waals surface area contributed by atoms with Gasteiger partial charge in [0, 0.05) is 24.7 Å². The monoisotopic (exact) mass is 269 g/mol. The summed E-state index contributed by atoms with van der Waals surface area (Å²) >= 11 is 1.54. The Labute approximate surface area is 110 Å². The van der Waals surface area contributed by atoms with E-state index in [1.54, 1.807) is 13.8 Å². The largest absolute Gasteiger partial charge is 0.390 e. The van der Waals surface area contributed by atoms with Crippen LogP contribution in [0.25, 0.3) is 4.96 Å². The highest BCUT2D eigenvalue weighted by atomic mass is 32.1. The summed E-state index contributed by atoms with van der Waals surface area (Å²) in [4.78, 5) is 7.39. The van der Waals surface area contributed by atoms with Gasteiger partial charge in [-0.2, -0.15) is 0 Å². The van der Waals surface area contributed by atoms with Gasteiger partial charge in [0.15, 0.2) is 10.8 Å². The van der Waals surface area contributed by atoms with Gasteiger partial charge in [0.25, 0.3) is 0 Å². The lowest BCUT2D eigenvalue weighted by atomic mass is 10.1. The molecule has 0 aromatic carbocycles. The summed E-state index contributed by atoms with van der Waals surface area (Å²) in [5.41, 5.74) is -0.0166. The first-order valence-electron chi connectivity index (χ1n) is 5.99. The Morgan fingerprint density at radius 3 is 2.78 bits per heavy atom. The molecule has 0 amide bonds. The topological polar surface area (TPSA) is 61.0 Å². The van der Waals surface area contributed by atoms with Crippen LogP contribution in [0.3, 0.4) is 0 Å². The lowest BCUT2D eigenvalue weighted by Gasteiger charge is -2.28. The number of thiazole rings is 1. The summed E-state index contributed by atoms with van der Waals surface area (Å²) in [6, 6.07) is 0. The highest BCUT2D eigenvalue weighted by molar-refractivity contribution is 7.15. The SMILES string of the molecule is CCN(CC(C)(C)O)c1nc2sccn2c1CO. The van der Waals surface area contributed by atoms with Crippen LogP contribution in [-0.4, -0.2) is 38.3 Å². The van der Waals surface area contributed by atoms with Crippen molar-refractivity contribution in [3.63, 3.8) is 0 Å². The van der Waals surface area contributed by atoms with E-state index in [4.69, 9.17) is 0 Å². The maximum absolute atomic E-state index is 9.93. The van der Waals surface area contributed by atoms with Crippen molar-refractivity contribution in [1.82, 2.24) is 9.38 Å². The third-order valence-corrected chi connectivity index (χ3v) is 3.51. The molecule has 0 radical (unpaired) electrons. The smallest absolute Gasteiger partial charge is 0.195 e. The first kappa shape index (κ1) is 13.3. The van der Waals surface area contributed by atoms with Gasteiger partial charge in [-0.3, -0.25) is 4.40 Å². The van der Waals surface area contributed by atoms with Crippen LogP contribution in [0.1, 0.15) is 26.5 Å². The van der Waals surface area contributed by atoms with Crippen molar-refractivity contribution >= 4 is 22.1 Å². The molecular weight excluding hydrogens is 250 g/mol. The molecule has 0 fully saturated rings. The van der Waals surface area contributed by atoms with Crippen LogP contribution in [0.5, 0.6) is 0 Å². The summed E-state index contributed by atoms with van der Waals surface area (Å²) in [6.07, 6.45) is 1.90. The summed E-state index contributed by atoms with van der Waals surface area (Å²) < 4.78 is 1.90. The second-order valence-corrected chi connectivity index (χ2v) is 5.80. The van der Waals surface area contributed by atoms with E-state index in [0.29, 0.717) is 6.54 Å². The molecule has 0 saturated heterocycles. The standard InChI is InChI=1S/C12H19N3O2S/c1-4-14(8-12(2,3)17)10-9(7-16)15-5-6-18-11(15)13-10/h5-6,16-17H,4,7-8H2,1-3H3. The molecule has 0 saturated carbocycles. The number of aliphatic hydroxyl groups is 2. The zero-order valence-corrected chi connectivity index (χ0v) is 11.7. The average molecular weight is 269 g/mol. The van der Waals surface area contributed by atoms with E-state index in [-0.39, 0.29) is 6.61 Å². The lowest BCUT2D eigenvalue weighted by molar-refractivity contribution is 0.0873. The van der Waals surface area contributed by atoms with E-state index in [9.17, 15) is 10.2 Å². The molecule has 2 aromatic heterocycles. The number of rotatable bonds is 5. The third kappa shape index (κ3) is 2.50. The van der Waals surface area contributed by atoms with Gasteiger partial charge in [0.1, 0.15) is 0 Å². The molecule has 2 rings (SSSR count). The van der Waals surface area contributed by atoms with Crippen molar-refractivity contribution in [2.45, 2.75) is 33.0 Å². The zero-order valence-electron chi connectivity index (χ0n) is 10.9. The van der Waals surface area contributed by atoms with Crippen LogP contribution in [0.15, 0.2) is 11.6 Å². The fraction of sp³-hybridized carbons (Fsp3) is 0.583. The van der Waals surface area contributed by atoms with E-state index in [1.165, 1.54) is 11.3 Å². The molecule has 18 heavy (non-hydrogen) atoms. The van der Waals surface area contributed by atoms with E-state index in [2.05, 4.69) is 4.98 Å². The molecule has 0 atom stereocenters. The molecule has 100 valence electrons. The van der Waals surface area contributed by atoms with E-state index in [0.717, 1.165) is 23.0 Å². The van der Waals surface area contributed by atoms with Gasteiger partial charge in [0.05, 0.1) is 17.9 Å². The molecule has 0 spiro atoms. The Morgan fingerprint density at radius 1 is 1.50 bits per heavy atom. The number of anilines is 1. The van der Waals surface area contributed by atoms with Gasteiger partial charge in [-0.05, 0) is 20.8 Å². The maximum atomic E-state index is 9.93. The number of likely N-dealkylation sites (N-methyl/N-ethyl adjacent to an activating group) is 1. The molecule has 2 N–H and O–H groups in total. The number of hydrogen-bond donors (Lipinski definition) is 2. The number of aliphatic hydroxyl groups excluding tert-OH is 1. The Kier molecular flexibility index (Phi) is 3.61. The van der Waals surface area contributed by atoms with Gasteiger partial charge >= 0.3 is 0 Å². The molecular formula is C12H19N3O2S. The molecule has 0 bridgehead atoms. The minimum Gasteiger partial charge on any atom is -0.390 e. The van der Waals surface area contributed by atoms with Crippen molar-refractivity contribution in [1.29, 1.82) is 0 Å². The predicted molar refractivity (Wildman–Crippen MR) is 73.2 cm³/mol. The molecule has 0 aliphatic rings. The van der Waals surface area contributed by atoms with Crippen molar-refractivity contribution in [3.05, 3.63) is 17.3 Å². The van der Waals surface area contributed by atoms with E-state index in [1.807, 2.05) is 27.8 Å². The molecule has 2 heterocycles. The fourth-order valence-electron chi connectivity index (χ4n) is 2.02. The molecule has 0 unspecified atom stereocenters. The van der Waals surface area contributed by atoms with Crippen molar-refractivity contribution < 1.29 is 10.2 Å². The molecule has 6 heteroatoms. The van der Waals surface area contributed by atoms with Gasteiger partial charge in [0.2, 0.25) is 0 Å². The summed E-state index contributed by atoms with van der Waals surface area (Å²) in [5, 5.41) is 21.4. The van der Waals surface area contributed by atoms with Crippen LogP contribution < -0.4 is 4.90 Å². The molecule has 0 aliphatic heterocycles. The van der Waals surface area contributed by atoms with Crippen LogP contribution in [-0.2, 0) is 6.61 Å². The van der Waals surface area contributed by atoms with Crippen LogP contribution >= 0.6 is 11.3 Å². The predicted octanol–water partition coefficient (Wildman–Crippen LogP) is 1.49. The second kappa shape index (κ2) is 4.87. The fourth-order valence-corrected chi connectivity index (χ4v) is 2.75. The minimum atomic E-state index is -0.792. The van der Waals surface area contributed by atoms with Crippen LogP contribution in [0.2, 0.25) is 0 Å². The van der Waals surface area contributed by atoms with Crippen LogP contribution in [0.4, 0.5) is 5.82 Å². The number of aromatic nitrogens is 2. The van der Waals surface area contributed by atoms with Gasteiger partial charge in [-0.1, -0.05) is 0 Å².